The summed E-state index contributed by atoms with van der Waals surface area (Å²) in [6.07, 6.45) is 4.11. The van der Waals surface area contributed by atoms with Crippen molar-refractivity contribution in [1.82, 2.24) is 0 Å². The number of nitrogens with two attached hydrogens (primary N) is 1. The minimum absolute atomic E-state index is 0.0660. The summed E-state index contributed by atoms with van der Waals surface area (Å²) in [5.41, 5.74) is 8.12. The van der Waals surface area contributed by atoms with Gasteiger partial charge in [0, 0.05) is 12.6 Å². The van der Waals surface area contributed by atoms with Gasteiger partial charge in [0.1, 0.15) is 5.75 Å². The highest BCUT2D eigenvalue weighted by Crippen LogP contribution is 2.22. The third kappa shape index (κ3) is 5.07. The van der Waals surface area contributed by atoms with Crippen molar-refractivity contribution in [2.45, 2.75) is 45.6 Å². The van der Waals surface area contributed by atoms with Crippen LogP contribution in [-0.2, 0) is 0 Å². The fourth-order valence-electron chi connectivity index (χ4n) is 1.87. The highest BCUT2D eigenvalue weighted by Gasteiger charge is 2.04. The molecule has 3 nitrogen and oxygen atoms in total. The first-order chi connectivity index (χ1) is 8.65. The van der Waals surface area contributed by atoms with Gasteiger partial charge in [-0.15, -0.1) is 0 Å². The predicted octanol–water partition coefficient (Wildman–Crippen LogP) is 2.95. The van der Waals surface area contributed by atoms with Crippen molar-refractivity contribution in [3.8, 4) is 5.75 Å². The molecule has 0 amide bonds. The molecule has 0 saturated carbocycles. The van der Waals surface area contributed by atoms with Gasteiger partial charge in [-0.2, -0.15) is 0 Å². The minimum atomic E-state index is 0.0660. The number of ether oxygens (including phenoxy) is 1. The van der Waals surface area contributed by atoms with Gasteiger partial charge < -0.3 is 15.6 Å². The van der Waals surface area contributed by atoms with Crippen LogP contribution in [-0.4, -0.2) is 18.3 Å². The minimum Gasteiger partial charge on any atom is -0.493 e. The molecule has 0 bridgehead atoms. The van der Waals surface area contributed by atoms with Gasteiger partial charge >= 0.3 is 0 Å². The van der Waals surface area contributed by atoms with E-state index in [2.05, 4.69) is 6.07 Å². The molecule has 1 unspecified atom stereocenters. The van der Waals surface area contributed by atoms with Crippen LogP contribution in [0.25, 0.3) is 0 Å². The number of benzene rings is 1. The van der Waals surface area contributed by atoms with E-state index in [1.54, 1.807) is 0 Å². The molecule has 0 aliphatic rings. The monoisotopic (exact) mass is 251 g/mol. The van der Waals surface area contributed by atoms with Crippen LogP contribution in [0.2, 0.25) is 0 Å². The molecular weight excluding hydrogens is 226 g/mol. The van der Waals surface area contributed by atoms with Crippen molar-refractivity contribution in [3.05, 3.63) is 29.3 Å². The van der Waals surface area contributed by atoms with Gasteiger partial charge in [0.25, 0.3) is 0 Å². The van der Waals surface area contributed by atoms with E-state index in [0.29, 0.717) is 6.61 Å². The number of aryl methyl sites for hydroxylation is 1. The summed E-state index contributed by atoms with van der Waals surface area (Å²) in [6, 6.07) is 6.18. The molecule has 18 heavy (non-hydrogen) atoms. The van der Waals surface area contributed by atoms with E-state index in [1.807, 2.05) is 26.0 Å². The number of hydrogen-bond donors (Lipinski definition) is 2. The van der Waals surface area contributed by atoms with Crippen molar-refractivity contribution in [1.29, 1.82) is 0 Å². The molecule has 0 spiro atoms. The molecule has 0 heterocycles. The molecule has 0 aromatic heterocycles. The maximum Gasteiger partial charge on any atom is 0.122 e. The Bertz CT molecular complexity index is 350. The van der Waals surface area contributed by atoms with Crippen LogP contribution >= 0.6 is 0 Å². The smallest absolute Gasteiger partial charge is 0.122 e. The van der Waals surface area contributed by atoms with E-state index in [4.69, 9.17) is 15.6 Å². The molecule has 3 N–H and O–H groups in total. The number of unbranched alkanes of at least 4 members (excludes halogenated alkanes) is 3. The quantitative estimate of drug-likeness (QED) is 0.698. The van der Waals surface area contributed by atoms with Crippen LogP contribution in [0.15, 0.2) is 18.2 Å². The van der Waals surface area contributed by atoms with Crippen LogP contribution in [0.3, 0.4) is 0 Å². The zero-order valence-corrected chi connectivity index (χ0v) is 11.5. The van der Waals surface area contributed by atoms with E-state index in [9.17, 15) is 0 Å². The van der Waals surface area contributed by atoms with Crippen LogP contribution in [0.5, 0.6) is 5.75 Å². The van der Waals surface area contributed by atoms with Gasteiger partial charge in [-0.3, -0.25) is 0 Å². The van der Waals surface area contributed by atoms with Gasteiger partial charge in [-0.1, -0.05) is 18.6 Å². The van der Waals surface area contributed by atoms with E-state index in [1.165, 1.54) is 0 Å². The number of hydrogen-bond acceptors (Lipinski definition) is 3. The molecule has 1 aromatic carbocycles. The summed E-state index contributed by atoms with van der Waals surface area (Å²) >= 11 is 0. The van der Waals surface area contributed by atoms with Gasteiger partial charge in [0.15, 0.2) is 0 Å². The van der Waals surface area contributed by atoms with Crippen molar-refractivity contribution in [3.63, 3.8) is 0 Å². The number of rotatable bonds is 8. The Hall–Kier alpha value is -1.06. The molecule has 0 radical (unpaired) electrons. The highest BCUT2D eigenvalue weighted by atomic mass is 16.5. The van der Waals surface area contributed by atoms with Crippen molar-refractivity contribution in [2.75, 3.05) is 13.2 Å². The second-order valence-electron chi connectivity index (χ2n) is 4.80. The largest absolute Gasteiger partial charge is 0.493 e. The standard InChI is InChI=1S/C15H25NO2/c1-12-11-14(13(2)16)7-8-15(12)18-10-6-4-3-5-9-17/h7-8,11,13,17H,3-6,9-10,16H2,1-2H3. The second kappa shape index (κ2) is 8.11. The number of aliphatic hydroxyl groups is 1. The molecule has 1 rings (SSSR count). The normalized spacial score (nSPS) is 12.4. The summed E-state index contributed by atoms with van der Waals surface area (Å²) in [7, 11) is 0. The lowest BCUT2D eigenvalue weighted by Gasteiger charge is -2.12. The van der Waals surface area contributed by atoms with Crippen molar-refractivity contribution >= 4 is 0 Å². The molecule has 1 atom stereocenters. The molecule has 3 heteroatoms. The maximum atomic E-state index is 8.67. The Morgan fingerprint density at radius 3 is 2.56 bits per heavy atom. The average molecular weight is 251 g/mol. The van der Waals surface area contributed by atoms with Crippen molar-refractivity contribution < 1.29 is 9.84 Å². The van der Waals surface area contributed by atoms with E-state index >= 15 is 0 Å². The second-order valence-corrected chi connectivity index (χ2v) is 4.80. The van der Waals surface area contributed by atoms with Gasteiger partial charge in [0.05, 0.1) is 6.61 Å². The third-order valence-corrected chi connectivity index (χ3v) is 3.03. The molecule has 0 saturated heterocycles. The summed E-state index contributed by atoms with van der Waals surface area (Å²) in [5.74, 6) is 0.946. The Morgan fingerprint density at radius 2 is 1.94 bits per heavy atom. The van der Waals surface area contributed by atoms with Gasteiger partial charge in [-0.25, -0.2) is 0 Å². The summed E-state index contributed by atoms with van der Waals surface area (Å²) in [6.45, 7) is 5.06. The fourth-order valence-corrected chi connectivity index (χ4v) is 1.87. The Balaban J connectivity index is 2.34. The molecule has 1 aromatic rings. The Labute approximate surface area is 110 Å². The number of aliphatic hydroxyl groups excluding tert-OH is 1. The third-order valence-electron chi connectivity index (χ3n) is 3.03. The van der Waals surface area contributed by atoms with Crippen LogP contribution < -0.4 is 10.5 Å². The lowest BCUT2D eigenvalue weighted by Crippen LogP contribution is -2.06. The average Bonchev–Trinajstić information content (AvgIpc) is 2.35. The van der Waals surface area contributed by atoms with E-state index < -0.39 is 0 Å². The van der Waals surface area contributed by atoms with Crippen LogP contribution in [0.4, 0.5) is 0 Å². The summed E-state index contributed by atoms with van der Waals surface area (Å²) in [5, 5.41) is 8.67. The molecule has 0 aliphatic carbocycles. The summed E-state index contributed by atoms with van der Waals surface area (Å²) < 4.78 is 5.75. The SMILES string of the molecule is Cc1cc(C(C)N)ccc1OCCCCCCO. The first kappa shape index (κ1) is 15.0. The van der Waals surface area contributed by atoms with Gasteiger partial charge in [-0.05, 0) is 50.3 Å². The Morgan fingerprint density at radius 1 is 1.22 bits per heavy atom. The van der Waals surface area contributed by atoms with Gasteiger partial charge in [0.2, 0.25) is 0 Å². The first-order valence-electron chi connectivity index (χ1n) is 6.75. The van der Waals surface area contributed by atoms with Crippen molar-refractivity contribution in [2.24, 2.45) is 5.73 Å². The molecule has 0 fully saturated rings. The first-order valence-corrected chi connectivity index (χ1v) is 6.75. The lowest BCUT2D eigenvalue weighted by molar-refractivity contribution is 0.273. The molecule has 0 aliphatic heterocycles. The maximum absolute atomic E-state index is 8.67. The van der Waals surface area contributed by atoms with Crippen LogP contribution in [0, 0.1) is 6.92 Å². The lowest BCUT2D eigenvalue weighted by atomic mass is 10.1. The summed E-state index contributed by atoms with van der Waals surface area (Å²) in [4.78, 5) is 0. The van der Waals surface area contributed by atoms with E-state index in [0.717, 1.165) is 49.2 Å². The van der Waals surface area contributed by atoms with Crippen LogP contribution in [0.1, 0.15) is 49.8 Å². The van der Waals surface area contributed by atoms with E-state index in [-0.39, 0.29) is 6.04 Å². The Kier molecular flexibility index (Phi) is 6.76. The predicted molar refractivity (Wildman–Crippen MR) is 74.8 cm³/mol. The zero-order valence-electron chi connectivity index (χ0n) is 11.5. The molecule has 102 valence electrons. The fraction of sp³-hybridized carbons (Fsp3) is 0.600. The molecular formula is C15H25NO2. The zero-order chi connectivity index (χ0) is 13.4. The topological polar surface area (TPSA) is 55.5 Å². The highest BCUT2D eigenvalue weighted by molar-refractivity contribution is 5.37.